The Labute approximate surface area is 130 Å². The summed E-state index contributed by atoms with van der Waals surface area (Å²) in [6.45, 7) is 0.0492. The van der Waals surface area contributed by atoms with Crippen LogP contribution in [0.1, 0.15) is 11.7 Å². The van der Waals surface area contributed by atoms with Crippen LogP contribution in [-0.2, 0) is 0 Å². The van der Waals surface area contributed by atoms with Crippen molar-refractivity contribution < 1.29 is 13.9 Å². The Balaban J connectivity index is 1.68. The number of rotatable bonds is 5. The summed E-state index contributed by atoms with van der Waals surface area (Å²) in [6.07, 6.45) is 3.89. The molecule has 0 fully saturated rings. The largest absolute Gasteiger partial charge is 0.387 e. The van der Waals surface area contributed by atoms with Gasteiger partial charge in [-0.2, -0.15) is 10.1 Å². The van der Waals surface area contributed by atoms with Crippen LogP contribution >= 0.6 is 0 Å². The Morgan fingerprint density at radius 2 is 2.04 bits per heavy atom. The first kappa shape index (κ1) is 15.0. The number of halogens is 2. The van der Waals surface area contributed by atoms with E-state index in [1.54, 1.807) is 35.4 Å². The van der Waals surface area contributed by atoms with Crippen LogP contribution in [0.3, 0.4) is 0 Å². The molecule has 23 heavy (non-hydrogen) atoms. The van der Waals surface area contributed by atoms with Gasteiger partial charge in [-0.05, 0) is 23.8 Å². The van der Waals surface area contributed by atoms with Crippen LogP contribution in [0.25, 0.3) is 5.82 Å². The Kier molecular flexibility index (Phi) is 4.24. The second-order valence-corrected chi connectivity index (χ2v) is 4.76. The zero-order chi connectivity index (χ0) is 16.2. The van der Waals surface area contributed by atoms with Gasteiger partial charge in [0.1, 0.15) is 0 Å². The van der Waals surface area contributed by atoms with Crippen molar-refractivity contribution in [1.82, 2.24) is 19.7 Å². The third-order valence-corrected chi connectivity index (χ3v) is 3.16. The van der Waals surface area contributed by atoms with Crippen molar-refractivity contribution in [2.24, 2.45) is 0 Å². The normalized spacial score (nSPS) is 12.1. The van der Waals surface area contributed by atoms with Crippen molar-refractivity contribution in [3.8, 4) is 5.82 Å². The fraction of sp³-hybridized carbons (Fsp3) is 0.133. The zero-order valence-electron chi connectivity index (χ0n) is 11.9. The molecule has 3 aromatic rings. The topological polar surface area (TPSA) is 75.9 Å². The van der Waals surface area contributed by atoms with Gasteiger partial charge in [0.2, 0.25) is 5.95 Å². The van der Waals surface area contributed by atoms with Gasteiger partial charge >= 0.3 is 0 Å². The van der Waals surface area contributed by atoms with Crippen LogP contribution in [0, 0.1) is 11.6 Å². The predicted octanol–water partition coefficient (Wildman–Crippen LogP) is 2.09. The van der Waals surface area contributed by atoms with Gasteiger partial charge in [0.15, 0.2) is 17.5 Å². The number of hydrogen-bond donors (Lipinski definition) is 2. The summed E-state index contributed by atoms with van der Waals surface area (Å²) in [6, 6.07) is 6.71. The summed E-state index contributed by atoms with van der Waals surface area (Å²) < 4.78 is 27.6. The average Bonchev–Trinajstić information content (AvgIpc) is 3.10. The van der Waals surface area contributed by atoms with Crippen molar-refractivity contribution in [2.45, 2.75) is 6.10 Å². The van der Waals surface area contributed by atoms with Crippen molar-refractivity contribution >= 4 is 5.95 Å². The molecule has 0 amide bonds. The summed E-state index contributed by atoms with van der Waals surface area (Å²) in [5.41, 5.74) is 0.264. The number of nitrogens with one attached hydrogen (secondary N) is 1. The van der Waals surface area contributed by atoms with Crippen LogP contribution < -0.4 is 5.32 Å². The minimum absolute atomic E-state index is 0.0492. The quantitative estimate of drug-likeness (QED) is 0.753. The molecule has 0 radical (unpaired) electrons. The van der Waals surface area contributed by atoms with Crippen LogP contribution in [0.15, 0.2) is 48.9 Å². The standard InChI is InChI=1S/C15H13F2N5O/c16-11-3-2-10(8-12(11)17)13(23)9-19-15-18-6-4-14(21-15)22-7-1-5-20-22/h1-8,13,23H,9H2,(H,18,19,21)/t13-/m1/s1. The summed E-state index contributed by atoms with van der Waals surface area (Å²) in [5.74, 6) is -1.10. The van der Waals surface area contributed by atoms with E-state index in [4.69, 9.17) is 0 Å². The molecule has 1 aromatic carbocycles. The van der Waals surface area contributed by atoms with E-state index in [0.29, 0.717) is 11.8 Å². The smallest absolute Gasteiger partial charge is 0.224 e. The van der Waals surface area contributed by atoms with Crippen molar-refractivity contribution in [2.75, 3.05) is 11.9 Å². The van der Waals surface area contributed by atoms with Crippen molar-refractivity contribution in [3.05, 3.63) is 66.1 Å². The summed E-state index contributed by atoms with van der Waals surface area (Å²) in [4.78, 5) is 8.28. The molecule has 118 valence electrons. The van der Waals surface area contributed by atoms with E-state index in [0.717, 1.165) is 12.1 Å². The molecule has 0 aliphatic carbocycles. The van der Waals surface area contributed by atoms with Gasteiger partial charge in [-0.1, -0.05) is 6.07 Å². The van der Waals surface area contributed by atoms with Gasteiger partial charge in [-0.15, -0.1) is 0 Å². The van der Waals surface area contributed by atoms with Crippen LogP contribution in [0.2, 0.25) is 0 Å². The number of nitrogens with zero attached hydrogens (tertiary/aromatic N) is 4. The highest BCUT2D eigenvalue weighted by Gasteiger charge is 2.11. The highest BCUT2D eigenvalue weighted by atomic mass is 19.2. The maximum Gasteiger partial charge on any atom is 0.224 e. The van der Waals surface area contributed by atoms with E-state index in [-0.39, 0.29) is 12.1 Å². The Hall–Kier alpha value is -2.87. The first-order valence-electron chi connectivity index (χ1n) is 6.83. The van der Waals surface area contributed by atoms with Gasteiger partial charge in [0, 0.05) is 31.2 Å². The number of aliphatic hydroxyl groups is 1. The van der Waals surface area contributed by atoms with E-state index in [9.17, 15) is 13.9 Å². The van der Waals surface area contributed by atoms with E-state index in [1.165, 1.54) is 6.07 Å². The molecule has 2 aromatic heterocycles. The molecule has 8 heteroatoms. The molecule has 3 rings (SSSR count). The Morgan fingerprint density at radius 3 is 2.78 bits per heavy atom. The molecule has 0 saturated carbocycles. The lowest BCUT2D eigenvalue weighted by atomic mass is 10.1. The molecule has 0 aliphatic rings. The molecular formula is C15H13F2N5O. The fourth-order valence-electron chi connectivity index (χ4n) is 1.99. The molecule has 0 aliphatic heterocycles. The lowest BCUT2D eigenvalue weighted by Gasteiger charge is -2.13. The van der Waals surface area contributed by atoms with E-state index < -0.39 is 17.7 Å². The SMILES string of the molecule is O[C@H](CNc1nccc(-n2cccn2)n1)c1ccc(F)c(F)c1. The first-order valence-corrected chi connectivity index (χ1v) is 6.83. The number of aromatic nitrogens is 4. The predicted molar refractivity (Wildman–Crippen MR) is 79.0 cm³/mol. The molecule has 0 saturated heterocycles. The van der Waals surface area contributed by atoms with E-state index in [2.05, 4.69) is 20.4 Å². The number of anilines is 1. The Bertz CT molecular complexity index is 794. The maximum atomic E-state index is 13.2. The molecule has 0 spiro atoms. The molecule has 1 atom stereocenters. The second kappa shape index (κ2) is 6.49. The minimum Gasteiger partial charge on any atom is -0.387 e. The molecule has 2 N–H and O–H groups in total. The fourth-order valence-corrected chi connectivity index (χ4v) is 1.99. The summed E-state index contributed by atoms with van der Waals surface area (Å²) in [7, 11) is 0. The molecule has 2 heterocycles. The molecular weight excluding hydrogens is 304 g/mol. The number of benzene rings is 1. The highest BCUT2D eigenvalue weighted by Crippen LogP contribution is 2.16. The van der Waals surface area contributed by atoms with Crippen molar-refractivity contribution in [1.29, 1.82) is 0 Å². The monoisotopic (exact) mass is 317 g/mol. The first-order chi connectivity index (χ1) is 11.1. The third-order valence-electron chi connectivity index (χ3n) is 3.16. The summed E-state index contributed by atoms with van der Waals surface area (Å²) in [5, 5.41) is 16.9. The second-order valence-electron chi connectivity index (χ2n) is 4.76. The third kappa shape index (κ3) is 3.49. The minimum atomic E-state index is -1.03. The lowest BCUT2D eigenvalue weighted by Crippen LogP contribution is -2.15. The highest BCUT2D eigenvalue weighted by molar-refractivity contribution is 5.32. The number of hydrogen-bond acceptors (Lipinski definition) is 5. The lowest BCUT2D eigenvalue weighted by molar-refractivity contribution is 0.190. The number of aliphatic hydroxyl groups excluding tert-OH is 1. The van der Waals surface area contributed by atoms with E-state index >= 15 is 0 Å². The van der Waals surface area contributed by atoms with Crippen molar-refractivity contribution in [3.63, 3.8) is 0 Å². The van der Waals surface area contributed by atoms with Crippen LogP contribution in [-0.4, -0.2) is 31.4 Å². The molecule has 0 bridgehead atoms. The van der Waals surface area contributed by atoms with Gasteiger partial charge in [-0.25, -0.2) is 18.4 Å². The van der Waals surface area contributed by atoms with Gasteiger partial charge in [0.05, 0.1) is 6.10 Å². The Morgan fingerprint density at radius 1 is 1.17 bits per heavy atom. The van der Waals surface area contributed by atoms with E-state index in [1.807, 2.05) is 0 Å². The van der Waals surface area contributed by atoms with Crippen LogP contribution in [0.5, 0.6) is 0 Å². The van der Waals surface area contributed by atoms with Crippen LogP contribution in [0.4, 0.5) is 14.7 Å². The molecule has 6 nitrogen and oxygen atoms in total. The van der Waals surface area contributed by atoms with Gasteiger partial charge < -0.3 is 10.4 Å². The van der Waals surface area contributed by atoms with Gasteiger partial charge in [-0.3, -0.25) is 0 Å². The average molecular weight is 317 g/mol. The summed E-state index contributed by atoms with van der Waals surface area (Å²) >= 11 is 0. The zero-order valence-corrected chi connectivity index (χ0v) is 11.9. The maximum absolute atomic E-state index is 13.2. The molecule has 0 unspecified atom stereocenters. The van der Waals surface area contributed by atoms with Gasteiger partial charge in [0.25, 0.3) is 0 Å².